The number of hydrogen-bond acceptors (Lipinski definition) is 4. The van der Waals surface area contributed by atoms with Gasteiger partial charge in [0.25, 0.3) is 0 Å². The average molecular weight is 681 g/mol. The summed E-state index contributed by atoms with van der Waals surface area (Å²) in [5.41, 5.74) is 7.33. The number of ether oxygens (including phenoxy) is 2. The third-order valence-electron chi connectivity index (χ3n) is 9.61. The molecule has 0 aliphatic heterocycles. The molecule has 254 valence electrons. The molecule has 0 saturated carbocycles. The van der Waals surface area contributed by atoms with Crippen molar-refractivity contribution in [3.63, 3.8) is 0 Å². The Morgan fingerprint density at radius 3 is 1.50 bits per heavy atom. The number of rotatable bonds is 12. The molecule has 0 N–H and O–H groups in total. The summed E-state index contributed by atoms with van der Waals surface area (Å²) in [5, 5.41) is 0. The number of benzene rings is 6. The van der Waals surface area contributed by atoms with Crippen LogP contribution in [0.25, 0.3) is 33.4 Å². The van der Waals surface area contributed by atoms with Gasteiger partial charge in [-0.05, 0) is 121 Å². The lowest BCUT2D eigenvalue weighted by molar-refractivity contribution is 0.243. The van der Waals surface area contributed by atoms with Gasteiger partial charge in [-0.25, -0.2) is 8.42 Å². The van der Waals surface area contributed by atoms with Gasteiger partial charge in [-0.3, -0.25) is 0 Å². The zero-order chi connectivity index (χ0) is 35.3. The molecule has 0 saturated heterocycles. The molecule has 0 aromatic heterocycles. The second-order valence-corrected chi connectivity index (χ2v) is 15.1. The minimum Gasteiger partial charge on any atom is -0.490 e. The SMILES string of the molecule is CCC(C)(CC)c1ccc(S(=O)(=O)c2ccc(Oc3ccc(-c4ccc(OC(C)C)c(-c5ccccc5)c4)cc3-c3ccccc3)cc2)cc1. The minimum atomic E-state index is -3.69. The summed E-state index contributed by atoms with van der Waals surface area (Å²) in [7, 11) is -3.69. The molecule has 0 atom stereocenters. The molecule has 0 aliphatic rings. The Kier molecular flexibility index (Phi) is 10.3. The van der Waals surface area contributed by atoms with Crippen molar-refractivity contribution in [2.45, 2.75) is 68.8 Å². The third-order valence-corrected chi connectivity index (χ3v) is 11.4. The van der Waals surface area contributed by atoms with E-state index in [9.17, 15) is 8.42 Å². The van der Waals surface area contributed by atoms with Crippen LogP contribution in [0.5, 0.6) is 17.2 Å². The van der Waals surface area contributed by atoms with Crippen molar-refractivity contribution in [2.24, 2.45) is 0 Å². The summed E-state index contributed by atoms with van der Waals surface area (Å²) in [6, 6.07) is 46.9. The Bertz CT molecular complexity index is 2150. The second kappa shape index (κ2) is 14.8. The van der Waals surface area contributed by atoms with Gasteiger partial charge in [-0.2, -0.15) is 0 Å². The Morgan fingerprint density at radius 2 is 1.02 bits per heavy atom. The molecule has 4 nitrogen and oxygen atoms in total. The van der Waals surface area contributed by atoms with Crippen molar-refractivity contribution < 1.29 is 17.9 Å². The molecule has 6 aromatic rings. The topological polar surface area (TPSA) is 52.6 Å². The van der Waals surface area contributed by atoms with E-state index in [0.717, 1.165) is 57.5 Å². The standard InChI is InChI=1S/C45H44O4S/c1-6-45(5,7-2)37-20-24-39(25-21-37)50(46,47)40-26-22-38(23-27-40)49-44-29-19-36(31-42(44)34-16-12-9-13-17-34)35-18-28-43(48-32(3)4)41(30-35)33-14-10-8-11-15-33/h8-32H,6-7H2,1-5H3. The van der Waals surface area contributed by atoms with Gasteiger partial charge in [0.1, 0.15) is 17.2 Å². The first-order chi connectivity index (χ1) is 24.1. The third kappa shape index (κ3) is 7.39. The van der Waals surface area contributed by atoms with Crippen molar-refractivity contribution in [2.75, 3.05) is 0 Å². The first-order valence-electron chi connectivity index (χ1n) is 17.3. The zero-order valence-electron chi connectivity index (χ0n) is 29.4. The van der Waals surface area contributed by atoms with E-state index in [1.165, 1.54) is 0 Å². The first-order valence-corrected chi connectivity index (χ1v) is 18.8. The highest BCUT2D eigenvalue weighted by Gasteiger charge is 2.24. The smallest absolute Gasteiger partial charge is 0.206 e. The van der Waals surface area contributed by atoms with E-state index in [-0.39, 0.29) is 21.3 Å². The molecule has 6 aromatic carbocycles. The van der Waals surface area contributed by atoms with Gasteiger partial charge in [-0.1, -0.05) is 106 Å². The molecule has 0 bridgehead atoms. The normalized spacial score (nSPS) is 11.8. The first kappa shape index (κ1) is 34.7. The fourth-order valence-corrected chi connectivity index (χ4v) is 7.46. The average Bonchev–Trinajstić information content (AvgIpc) is 3.15. The Hall–Kier alpha value is -5.13. The van der Waals surface area contributed by atoms with E-state index in [0.29, 0.717) is 11.5 Å². The van der Waals surface area contributed by atoms with Crippen LogP contribution in [0.2, 0.25) is 0 Å². The van der Waals surface area contributed by atoms with Crippen LogP contribution in [0, 0.1) is 0 Å². The van der Waals surface area contributed by atoms with E-state index >= 15 is 0 Å². The van der Waals surface area contributed by atoms with Crippen LogP contribution in [-0.2, 0) is 15.3 Å². The second-order valence-electron chi connectivity index (χ2n) is 13.2. The Balaban J connectivity index is 1.31. The monoisotopic (exact) mass is 680 g/mol. The van der Waals surface area contributed by atoms with Crippen LogP contribution in [-0.4, -0.2) is 14.5 Å². The van der Waals surface area contributed by atoms with Crippen molar-refractivity contribution in [1.82, 2.24) is 0 Å². The molecule has 0 fully saturated rings. The molecule has 0 amide bonds. The maximum Gasteiger partial charge on any atom is 0.206 e. The van der Waals surface area contributed by atoms with Crippen molar-refractivity contribution >= 4 is 9.84 Å². The lowest BCUT2D eigenvalue weighted by Crippen LogP contribution is -2.19. The van der Waals surface area contributed by atoms with Crippen molar-refractivity contribution in [3.05, 3.63) is 151 Å². The highest BCUT2D eigenvalue weighted by atomic mass is 32.2. The van der Waals surface area contributed by atoms with Gasteiger partial charge < -0.3 is 9.47 Å². The summed E-state index contributed by atoms with van der Waals surface area (Å²) < 4.78 is 39.7. The lowest BCUT2D eigenvalue weighted by Gasteiger charge is -2.27. The van der Waals surface area contributed by atoms with Crippen LogP contribution in [0.1, 0.15) is 53.0 Å². The fourth-order valence-electron chi connectivity index (χ4n) is 6.20. The fraction of sp³-hybridized carbons (Fsp3) is 0.200. The van der Waals surface area contributed by atoms with Gasteiger partial charge in [0, 0.05) is 11.1 Å². The Morgan fingerprint density at radius 1 is 0.560 bits per heavy atom. The summed E-state index contributed by atoms with van der Waals surface area (Å²) in [5.74, 6) is 2.06. The molecular formula is C45H44O4S. The van der Waals surface area contributed by atoms with Gasteiger partial charge >= 0.3 is 0 Å². The van der Waals surface area contributed by atoms with E-state index in [4.69, 9.17) is 9.47 Å². The maximum atomic E-state index is 13.6. The molecule has 0 aliphatic carbocycles. The molecule has 0 unspecified atom stereocenters. The Labute approximate surface area is 297 Å². The van der Waals surface area contributed by atoms with Crippen molar-refractivity contribution in [3.8, 4) is 50.6 Å². The van der Waals surface area contributed by atoms with E-state index in [1.54, 1.807) is 36.4 Å². The van der Waals surface area contributed by atoms with Crippen molar-refractivity contribution in [1.29, 1.82) is 0 Å². The zero-order valence-corrected chi connectivity index (χ0v) is 30.2. The van der Waals surface area contributed by atoms with Crippen LogP contribution in [0.3, 0.4) is 0 Å². The predicted molar refractivity (Wildman–Crippen MR) is 205 cm³/mol. The largest absolute Gasteiger partial charge is 0.490 e. The van der Waals surface area contributed by atoms with Gasteiger partial charge in [0.05, 0.1) is 15.9 Å². The summed E-state index contributed by atoms with van der Waals surface area (Å²) in [6.45, 7) is 10.6. The molecule has 0 radical (unpaired) electrons. The van der Waals surface area contributed by atoms with Gasteiger partial charge in [-0.15, -0.1) is 0 Å². The molecule has 0 spiro atoms. The molecule has 50 heavy (non-hydrogen) atoms. The summed E-state index contributed by atoms with van der Waals surface area (Å²) in [4.78, 5) is 0.509. The van der Waals surface area contributed by atoms with Crippen LogP contribution >= 0.6 is 0 Å². The highest BCUT2D eigenvalue weighted by Crippen LogP contribution is 2.40. The van der Waals surface area contributed by atoms with Crippen LogP contribution in [0.4, 0.5) is 0 Å². The van der Waals surface area contributed by atoms with E-state index in [1.807, 2.05) is 74.5 Å². The van der Waals surface area contributed by atoms with E-state index < -0.39 is 9.84 Å². The molecule has 6 rings (SSSR count). The summed E-state index contributed by atoms with van der Waals surface area (Å²) in [6.07, 6.45) is 2.03. The molecular weight excluding hydrogens is 637 g/mol. The highest BCUT2D eigenvalue weighted by molar-refractivity contribution is 7.91. The van der Waals surface area contributed by atoms with Gasteiger partial charge in [0.15, 0.2) is 0 Å². The lowest BCUT2D eigenvalue weighted by atomic mass is 9.78. The molecule has 5 heteroatoms. The minimum absolute atomic E-state index is 0.0240. The van der Waals surface area contributed by atoms with Gasteiger partial charge in [0.2, 0.25) is 9.84 Å². The van der Waals surface area contributed by atoms with Crippen LogP contribution < -0.4 is 9.47 Å². The number of sulfone groups is 1. The predicted octanol–water partition coefficient (Wildman–Crippen LogP) is 12.2. The quantitative estimate of drug-likeness (QED) is 0.129. The molecule has 0 heterocycles. The summed E-state index contributed by atoms with van der Waals surface area (Å²) >= 11 is 0. The van der Waals surface area contributed by atoms with E-state index in [2.05, 4.69) is 69.3 Å². The maximum absolute atomic E-state index is 13.6. The number of hydrogen-bond donors (Lipinski definition) is 0. The van der Waals surface area contributed by atoms with Crippen LogP contribution in [0.15, 0.2) is 155 Å².